The Kier molecular flexibility index (Phi) is 10.1. The molecular formula is C29H31FN4O4. The van der Waals surface area contributed by atoms with Gasteiger partial charge in [-0.25, -0.2) is 4.39 Å². The molecule has 0 aliphatic carbocycles. The minimum absolute atomic E-state index is 0.0670. The summed E-state index contributed by atoms with van der Waals surface area (Å²) in [7, 11) is 0. The van der Waals surface area contributed by atoms with Crippen molar-refractivity contribution in [1.29, 1.82) is 5.41 Å². The maximum absolute atomic E-state index is 13.1. The summed E-state index contributed by atoms with van der Waals surface area (Å²) in [5.41, 5.74) is 8.19. The van der Waals surface area contributed by atoms with E-state index in [2.05, 4.69) is 10.6 Å². The Morgan fingerprint density at radius 2 is 1.55 bits per heavy atom. The van der Waals surface area contributed by atoms with Crippen LogP contribution in [0.3, 0.4) is 0 Å². The van der Waals surface area contributed by atoms with E-state index in [1.54, 1.807) is 38.1 Å². The van der Waals surface area contributed by atoms with Crippen LogP contribution in [-0.2, 0) is 20.9 Å². The second kappa shape index (κ2) is 13.7. The third-order valence-electron chi connectivity index (χ3n) is 5.48. The zero-order valence-corrected chi connectivity index (χ0v) is 21.3. The van der Waals surface area contributed by atoms with E-state index in [9.17, 15) is 14.0 Å². The standard InChI is InChI=1S/C29H31FN4O4/c1-19(31)26(20(2)32)16-28(35)34-27(18-37-17-21-6-4-3-5-7-21)29(36)33-23-10-14-25(15-11-23)38-24-12-8-22(30)9-13-24/h3-15,27,31H,16-18,32H2,1-2H3,(H,33,36)(H,34,35)/b26-20-,31-19?/t27-/m0/s1. The number of carbonyl (C=O) groups excluding carboxylic acids is 2. The average Bonchev–Trinajstić information content (AvgIpc) is 2.89. The number of rotatable bonds is 12. The van der Waals surface area contributed by atoms with Gasteiger partial charge in [0.2, 0.25) is 11.8 Å². The van der Waals surface area contributed by atoms with E-state index < -0.39 is 17.9 Å². The monoisotopic (exact) mass is 518 g/mol. The van der Waals surface area contributed by atoms with Gasteiger partial charge in [0.1, 0.15) is 23.4 Å². The fourth-order valence-electron chi connectivity index (χ4n) is 3.50. The fourth-order valence-corrected chi connectivity index (χ4v) is 3.50. The highest BCUT2D eigenvalue weighted by Gasteiger charge is 2.23. The van der Waals surface area contributed by atoms with Crippen molar-refractivity contribution in [2.45, 2.75) is 32.9 Å². The second-order valence-corrected chi connectivity index (χ2v) is 8.65. The summed E-state index contributed by atoms with van der Waals surface area (Å²) >= 11 is 0. The molecule has 3 aromatic rings. The lowest BCUT2D eigenvalue weighted by Crippen LogP contribution is -2.47. The summed E-state index contributed by atoms with van der Waals surface area (Å²) in [5.74, 6) is -0.307. The summed E-state index contributed by atoms with van der Waals surface area (Å²) < 4.78 is 24.5. The molecule has 0 radical (unpaired) electrons. The summed E-state index contributed by atoms with van der Waals surface area (Å²) in [6, 6.07) is 20.7. The van der Waals surface area contributed by atoms with Crippen LogP contribution in [0.4, 0.5) is 10.1 Å². The van der Waals surface area contributed by atoms with E-state index in [4.69, 9.17) is 20.6 Å². The molecule has 2 amide bonds. The van der Waals surface area contributed by atoms with E-state index in [-0.39, 0.29) is 31.2 Å². The van der Waals surface area contributed by atoms with E-state index in [0.717, 1.165) is 5.56 Å². The number of hydrogen-bond acceptors (Lipinski definition) is 6. The number of nitrogens with two attached hydrogens (primary N) is 1. The number of allylic oxidation sites excluding steroid dienone is 1. The smallest absolute Gasteiger partial charge is 0.249 e. The molecule has 0 aliphatic heterocycles. The number of carbonyl (C=O) groups is 2. The number of halogens is 1. The third kappa shape index (κ3) is 8.86. The number of hydrogen-bond donors (Lipinski definition) is 4. The lowest BCUT2D eigenvalue weighted by Gasteiger charge is -2.19. The molecule has 8 nitrogen and oxygen atoms in total. The molecule has 3 rings (SSSR count). The van der Waals surface area contributed by atoms with E-state index in [0.29, 0.717) is 28.5 Å². The molecule has 0 aromatic heterocycles. The Labute approximate surface area is 221 Å². The Bertz CT molecular complexity index is 1270. The first kappa shape index (κ1) is 28.1. The van der Waals surface area contributed by atoms with Crippen LogP contribution in [0.15, 0.2) is 90.1 Å². The van der Waals surface area contributed by atoms with Gasteiger partial charge >= 0.3 is 0 Å². The van der Waals surface area contributed by atoms with E-state index in [1.165, 1.54) is 24.3 Å². The quantitative estimate of drug-likeness (QED) is 0.253. The lowest BCUT2D eigenvalue weighted by atomic mass is 10.1. The summed E-state index contributed by atoms with van der Waals surface area (Å²) in [6.45, 7) is 3.37. The molecule has 5 N–H and O–H groups in total. The van der Waals surface area contributed by atoms with Crippen LogP contribution in [0.25, 0.3) is 0 Å². The maximum Gasteiger partial charge on any atom is 0.249 e. The van der Waals surface area contributed by atoms with Crippen molar-refractivity contribution in [3.05, 3.63) is 102 Å². The first-order valence-corrected chi connectivity index (χ1v) is 12.0. The van der Waals surface area contributed by atoms with Crippen molar-refractivity contribution in [3.63, 3.8) is 0 Å². The fraction of sp³-hybridized carbons (Fsp3) is 0.207. The predicted molar refractivity (Wildman–Crippen MR) is 144 cm³/mol. The molecule has 0 fully saturated rings. The predicted octanol–water partition coefficient (Wildman–Crippen LogP) is 4.92. The molecule has 0 heterocycles. The average molecular weight is 519 g/mol. The Hall–Kier alpha value is -4.50. The first-order valence-electron chi connectivity index (χ1n) is 12.0. The SMILES string of the molecule is CC(=N)/C(CC(=O)N[C@@H](COCc1ccccc1)C(=O)Nc1ccc(Oc2ccc(F)cc2)cc1)=C(/C)N. The van der Waals surface area contributed by atoms with Crippen LogP contribution in [0, 0.1) is 11.2 Å². The van der Waals surface area contributed by atoms with Gasteiger partial charge in [0.25, 0.3) is 0 Å². The molecule has 0 saturated heterocycles. The van der Waals surface area contributed by atoms with Crippen molar-refractivity contribution in [1.82, 2.24) is 5.32 Å². The molecule has 0 aliphatic rings. The van der Waals surface area contributed by atoms with Crippen molar-refractivity contribution < 1.29 is 23.5 Å². The van der Waals surface area contributed by atoms with Crippen LogP contribution >= 0.6 is 0 Å². The van der Waals surface area contributed by atoms with Gasteiger partial charge < -0.3 is 31.3 Å². The van der Waals surface area contributed by atoms with E-state index in [1.807, 2.05) is 30.3 Å². The van der Waals surface area contributed by atoms with Crippen LogP contribution < -0.4 is 21.1 Å². The summed E-state index contributed by atoms with van der Waals surface area (Å²) in [6.07, 6.45) is -0.129. The molecule has 3 aromatic carbocycles. The number of amides is 2. The number of nitrogens with one attached hydrogen (secondary N) is 3. The molecule has 0 saturated carbocycles. The van der Waals surface area contributed by atoms with Crippen LogP contribution in [0.5, 0.6) is 11.5 Å². The van der Waals surface area contributed by atoms with Crippen LogP contribution in [0.2, 0.25) is 0 Å². The number of benzene rings is 3. The summed E-state index contributed by atoms with van der Waals surface area (Å²) in [5, 5.41) is 13.3. The van der Waals surface area contributed by atoms with Gasteiger partial charge in [-0.1, -0.05) is 30.3 Å². The summed E-state index contributed by atoms with van der Waals surface area (Å²) in [4.78, 5) is 25.8. The van der Waals surface area contributed by atoms with Crippen LogP contribution in [-0.4, -0.2) is 30.2 Å². The molecule has 0 unspecified atom stereocenters. The maximum atomic E-state index is 13.1. The molecule has 1 atom stereocenters. The zero-order valence-electron chi connectivity index (χ0n) is 21.3. The second-order valence-electron chi connectivity index (χ2n) is 8.65. The number of ether oxygens (including phenoxy) is 2. The van der Waals surface area contributed by atoms with Crippen LogP contribution in [0.1, 0.15) is 25.8 Å². The zero-order chi connectivity index (χ0) is 27.5. The van der Waals surface area contributed by atoms with Crippen molar-refractivity contribution >= 4 is 23.2 Å². The molecule has 38 heavy (non-hydrogen) atoms. The highest BCUT2D eigenvalue weighted by Crippen LogP contribution is 2.23. The van der Waals surface area contributed by atoms with Gasteiger partial charge in [-0.3, -0.25) is 9.59 Å². The van der Waals surface area contributed by atoms with Gasteiger partial charge in [-0.15, -0.1) is 0 Å². The third-order valence-corrected chi connectivity index (χ3v) is 5.48. The van der Waals surface area contributed by atoms with Crippen molar-refractivity contribution in [2.75, 3.05) is 11.9 Å². The highest BCUT2D eigenvalue weighted by molar-refractivity contribution is 6.02. The van der Waals surface area contributed by atoms with Crippen molar-refractivity contribution in [3.8, 4) is 11.5 Å². The topological polar surface area (TPSA) is 127 Å². The molecule has 0 bridgehead atoms. The normalized spacial score (nSPS) is 12.2. The van der Waals surface area contributed by atoms with Crippen molar-refractivity contribution in [2.24, 2.45) is 5.73 Å². The minimum Gasteiger partial charge on any atom is -0.457 e. The van der Waals surface area contributed by atoms with Gasteiger partial charge in [-0.05, 0) is 67.9 Å². The molecule has 198 valence electrons. The first-order chi connectivity index (χ1) is 18.2. The number of anilines is 1. The van der Waals surface area contributed by atoms with Gasteiger partial charge in [-0.2, -0.15) is 0 Å². The highest BCUT2D eigenvalue weighted by atomic mass is 19.1. The Balaban J connectivity index is 1.65. The minimum atomic E-state index is -0.994. The van der Waals surface area contributed by atoms with Gasteiger partial charge in [0.05, 0.1) is 19.6 Å². The molecule has 9 heteroatoms. The van der Waals surface area contributed by atoms with E-state index >= 15 is 0 Å². The van der Waals surface area contributed by atoms with Gasteiger partial charge in [0.15, 0.2) is 0 Å². The lowest BCUT2D eigenvalue weighted by molar-refractivity contribution is -0.127. The Morgan fingerprint density at radius 3 is 2.13 bits per heavy atom. The largest absolute Gasteiger partial charge is 0.457 e. The Morgan fingerprint density at radius 1 is 0.947 bits per heavy atom. The molecular weight excluding hydrogens is 487 g/mol. The molecule has 0 spiro atoms. The van der Waals surface area contributed by atoms with Gasteiger partial charge in [0, 0.05) is 22.7 Å².